The van der Waals surface area contributed by atoms with Gasteiger partial charge in [0.1, 0.15) is 11.8 Å². The Morgan fingerprint density at radius 2 is 1.30 bits per heavy atom. The lowest BCUT2D eigenvalue weighted by Gasteiger charge is -2.19. The van der Waals surface area contributed by atoms with E-state index in [-0.39, 0.29) is 24.9 Å². The van der Waals surface area contributed by atoms with Crippen molar-refractivity contribution in [1.82, 2.24) is 50.3 Å². The minimum atomic E-state index is -0.199. The number of nitrogens with zero attached hydrogens (tertiary/aromatic N) is 6. The smallest absolute Gasteiger partial charge is 0.347 e. The molecule has 0 bridgehead atoms. The monoisotopic (exact) mass is 784 g/mol. The molecule has 3 aromatic rings. The molecule has 3 atom stereocenters. The van der Waals surface area contributed by atoms with Gasteiger partial charge in [0, 0.05) is 58.2 Å². The van der Waals surface area contributed by atoms with E-state index < -0.39 is 0 Å². The van der Waals surface area contributed by atoms with Crippen molar-refractivity contribution in [3.63, 3.8) is 0 Å². The van der Waals surface area contributed by atoms with Crippen molar-refractivity contribution in [2.45, 2.75) is 105 Å². The maximum absolute atomic E-state index is 10.7. The molecule has 3 unspecified atom stereocenters. The highest BCUT2D eigenvalue weighted by atomic mass is 16.1. The van der Waals surface area contributed by atoms with E-state index in [2.05, 4.69) is 94.5 Å². The van der Waals surface area contributed by atoms with Crippen molar-refractivity contribution in [3.05, 3.63) is 86.3 Å². The quantitative estimate of drug-likeness (QED) is 0.180. The largest absolute Gasteiger partial charge is 0.369 e. The highest BCUT2D eigenvalue weighted by molar-refractivity contribution is 5.76. The molecule has 3 aliphatic heterocycles. The van der Waals surface area contributed by atoms with Crippen LogP contribution >= 0.6 is 0 Å². The number of amides is 1. The van der Waals surface area contributed by atoms with Gasteiger partial charge in [0.2, 0.25) is 5.91 Å². The van der Waals surface area contributed by atoms with Gasteiger partial charge in [-0.2, -0.15) is 4.98 Å². The number of primary amides is 1. The van der Waals surface area contributed by atoms with Gasteiger partial charge >= 0.3 is 5.69 Å². The van der Waals surface area contributed by atoms with E-state index in [0.29, 0.717) is 6.04 Å². The third-order valence-corrected chi connectivity index (χ3v) is 8.78. The minimum Gasteiger partial charge on any atom is -0.369 e. The number of hydrogen-bond donors (Lipinski definition) is 5. The zero-order valence-corrected chi connectivity index (χ0v) is 35.4. The summed E-state index contributed by atoms with van der Waals surface area (Å²) in [7, 11) is 3.59. The van der Waals surface area contributed by atoms with Crippen LogP contribution in [0.2, 0.25) is 0 Å². The van der Waals surface area contributed by atoms with Crippen LogP contribution in [0, 0.1) is 25.7 Å². The van der Waals surface area contributed by atoms with Gasteiger partial charge in [-0.1, -0.05) is 52.9 Å². The van der Waals surface area contributed by atoms with Crippen LogP contribution in [0.25, 0.3) is 11.2 Å². The van der Waals surface area contributed by atoms with Crippen molar-refractivity contribution < 1.29 is 4.79 Å². The molecule has 1 aliphatic carbocycles. The number of rotatable bonds is 1. The van der Waals surface area contributed by atoms with E-state index in [4.69, 9.17) is 5.73 Å². The summed E-state index contributed by atoms with van der Waals surface area (Å²) in [5.41, 5.74) is 8.35. The maximum Gasteiger partial charge on any atom is 0.347 e. The fraction of sp³-hybridized carbons (Fsp3) is 0.628. The fourth-order valence-electron chi connectivity index (χ4n) is 5.59. The molecule has 0 aromatic carbocycles. The number of aryl methyl sites for hydroxylation is 4. The van der Waals surface area contributed by atoms with Crippen molar-refractivity contribution in [2.75, 3.05) is 45.8 Å². The van der Waals surface area contributed by atoms with Crippen LogP contribution < -0.4 is 32.7 Å². The lowest BCUT2D eigenvalue weighted by atomic mass is 9.99. The molecule has 3 saturated heterocycles. The minimum absolute atomic E-state index is 0. The number of fused-ring (bicyclic) bond motifs is 1. The number of nitrogens with one attached hydrogen (secondary N) is 4. The van der Waals surface area contributed by atoms with E-state index in [1.54, 1.807) is 38.9 Å². The van der Waals surface area contributed by atoms with Crippen molar-refractivity contribution in [2.24, 2.45) is 31.7 Å². The number of aromatic nitrogens is 6. The summed E-state index contributed by atoms with van der Waals surface area (Å²) in [4.78, 5) is 37.2. The second-order valence-electron chi connectivity index (χ2n) is 13.5. The summed E-state index contributed by atoms with van der Waals surface area (Å²) < 4.78 is 3.32. The molecular formula is C43H81N11O2. The molecule has 4 aliphatic rings. The number of carbonyl (C=O) groups excluding carboxylic acids is 1. The topological polar surface area (TPSA) is 170 Å². The predicted octanol–water partition coefficient (Wildman–Crippen LogP) is 6.19. The van der Waals surface area contributed by atoms with Crippen molar-refractivity contribution in [1.29, 1.82) is 0 Å². The molecule has 320 valence electrons. The van der Waals surface area contributed by atoms with Gasteiger partial charge in [-0.15, -0.1) is 39.5 Å². The third kappa shape index (κ3) is 27.5. The summed E-state index contributed by atoms with van der Waals surface area (Å²) in [5, 5.41) is 13.0. The van der Waals surface area contributed by atoms with Crippen LogP contribution in [0.15, 0.2) is 69.2 Å². The summed E-state index contributed by atoms with van der Waals surface area (Å²) in [6, 6.07) is 2.47. The summed E-state index contributed by atoms with van der Waals surface area (Å²) >= 11 is 0. The van der Waals surface area contributed by atoms with Gasteiger partial charge in [0.05, 0.1) is 17.9 Å². The second-order valence-corrected chi connectivity index (χ2v) is 13.5. The fourth-order valence-corrected chi connectivity index (χ4v) is 5.59. The SMILES string of the molecule is C.C1CCCCC1.C=C.C=C.C=C.CC1CCCNC1.CC1CNCCN1.Cc1ccn(C)c(=O)n1.Cc1ncnc2c1ncn2C.NC(=O)C1CCCNC1. The number of nitrogens with two attached hydrogens (primary N) is 1. The third-order valence-electron chi connectivity index (χ3n) is 8.78. The molecule has 6 heterocycles. The number of piperidine rings is 2. The number of hydrogen-bond acceptors (Lipinski definition) is 10. The summed E-state index contributed by atoms with van der Waals surface area (Å²) in [5.74, 6) is 0.842. The van der Waals surface area contributed by atoms with Crippen molar-refractivity contribution >= 4 is 17.1 Å². The predicted molar refractivity (Wildman–Crippen MR) is 240 cm³/mol. The molecule has 6 N–H and O–H groups in total. The first-order chi connectivity index (χ1) is 26.6. The Morgan fingerprint density at radius 3 is 1.64 bits per heavy atom. The Kier molecular flexibility index (Phi) is 38.1. The summed E-state index contributed by atoms with van der Waals surface area (Å²) in [6.07, 6.45) is 18.8. The lowest BCUT2D eigenvalue weighted by molar-refractivity contribution is -0.122. The van der Waals surface area contributed by atoms with Crippen LogP contribution in [0.1, 0.15) is 96.9 Å². The van der Waals surface area contributed by atoms with Crippen LogP contribution in [-0.4, -0.2) is 86.8 Å². The molecule has 1 amide bonds. The number of imidazole rings is 1. The summed E-state index contributed by atoms with van der Waals surface area (Å²) in [6.45, 7) is 33.9. The number of piperazine rings is 1. The van der Waals surface area contributed by atoms with E-state index in [9.17, 15) is 9.59 Å². The lowest BCUT2D eigenvalue weighted by Crippen LogP contribution is -2.46. The van der Waals surface area contributed by atoms with E-state index >= 15 is 0 Å². The van der Waals surface area contributed by atoms with E-state index in [1.165, 1.54) is 69.0 Å². The first kappa shape index (κ1) is 56.3. The first-order valence-corrected chi connectivity index (χ1v) is 19.8. The first-order valence-electron chi connectivity index (χ1n) is 19.8. The van der Waals surface area contributed by atoms with Crippen LogP contribution in [-0.2, 0) is 18.9 Å². The molecule has 56 heavy (non-hydrogen) atoms. The Bertz CT molecular complexity index is 1370. The van der Waals surface area contributed by atoms with Crippen LogP contribution in [0.3, 0.4) is 0 Å². The molecule has 0 radical (unpaired) electrons. The Labute approximate surface area is 340 Å². The van der Waals surface area contributed by atoms with Gasteiger partial charge in [-0.05, 0) is 78.1 Å². The molecule has 4 fully saturated rings. The Hall–Kier alpha value is -4.04. The molecule has 7 rings (SSSR count). The maximum atomic E-state index is 10.7. The Morgan fingerprint density at radius 1 is 0.750 bits per heavy atom. The number of carbonyl (C=O) groups is 1. The zero-order valence-electron chi connectivity index (χ0n) is 35.4. The molecule has 1 saturated carbocycles. The standard InChI is InChI=1S/C7H8N4.C6H8N2O.C6H12N2O.C6H13N.C6H12.C5H12N2.3C2H4.CH4/c1-5-6-7(9-3-8-5)11(2)4-10-6;1-5-3-4-8(2)6(9)7-5;7-6(9)5-2-1-3-8-4-5;1-6-3-2-4-7-5-6;1-2-4-6-5-3-1;1-5-4-6-2-3-7-5;3*1-2;/h3-4H,1-2H3;3-4H,1-2H3;5,8H,1-4H2,(H2,7,9);6-7H,2-5H2,1H3;1-6H2;5-7H,2-4H2,1H3;3*1-2H2;1H4. The highest BCUT2D eigenvalue weighted by Crippen LogP contribution is 2.15. The van der Waals surface area contributed by atoms with Gasteiger partial charge in [0.25, 0.3) is 0 Å². The Balaban J connectivity index is -0.000000589. The van der Waals surface area contributed by atoms with Gasteiger partial charge in [-0.3, -0.25) is 4.79 Å². The van der Waals surface area contributed by atoms with Gasteiger partial charge < -0.3 is 36.1 Å². The van der Waals surface area contributed by atoms with Gasteiger partial charge in [-0.25, -0.2) is 19.7 Å². The van der Waals surface area contributed by atoms with Crippen LogP contribution in [0.5, 0.6) is 0 Å². The van der Waals surface area contributed by atoms with Crippen LogP contribution in [0.4, 0.5) is 0 Å². The normalized spacial score (nSPS) is 19.1. The second kappa shape index (κ2) is 37.9. The molecule has 0 spiro atoms. The van der Waals surface area contributed by atoms with E-state index in [1.807, 2.05) is 18.5 Å². The molecular weight excluding hydrogens is 703 g/mol. The van der Waals surface area contributed by atoms with Gasteiger partial charge in [0.15, 0.2) is 5.65 Å². The highest BCUT2D eigenvalue weighted by Gasteiger charge is 2.17. The zero-order chi connectivity index (χ0) is 41.9. The van der Waals surface area contributed by atoms with E-state index in [0.717, 1.165) is 74.0 Å². The average Bonchev–Trinajstić information content (AvgIpc) is 3.63. The molecule has 3 aromatic heterocycles. The molecule has 13 heteroatoms. The average molecular weight is 784 g/mol. The van der Waals surface area contributed by atoms with Crippen molar-refractivity contribution in [3.8, 4) is 0 Å². The molecule has 13 nitrogen and oxygen atoms in total.